The minimum atomic E-state index is -3.33. The summed E-state index contributed by atoms with van der Waals surface area (Å²) in [6.07, 6.45) is 3.63. The van der Waals surface area contributed by atoms with E-state index in [0.29, 0.717) is 13.1 Å². The Morgan fingerprint density at radius 2 is 2.19 bits per heavy atom. The average molecular weight is 316 g/mol. The summed E-state index contributed by atoms with van der Waals surface area (Å²) in [5, 5.41) is 0. The van der Waals surface area contributed by atoms with Crippen LogP contribution in [0, 0.1) is 0 Å². The SMILES string of the molecule is CC(C)OCCS(=O)(=O)N1C[C@@H](N)[C@H](c2cn(C)cn2)C1. The van der Waals surface area contributed by atoms with Gasteiger partial charge in [-0.05, 0) is 13.8 Å². The first-order chi connectivity index (χ1) is 9.79. The van der Waals surface area contributed by atoms with Crippen LogP contribution < -0.4 is 5.73 Å². The fraction of sp³-hybridized carbons (Fsp3) is 0.769. The van der Waals surface area contributed by atoms with Gasteiger partial charge in [0.25, 0.3) is 0 Å². The fourth-order valence-corrected chi connectivity index (χ4v) is 3.83. The van der Waals surface area contributed by atoms with Crippen molar-refractivity contribution in [3.8, 4) is 0 Å². The predicted octanol–water partition coefficient (Wildman–Crippen LogP) is -0.0986. The zero-order valence-corrected chi connectivity index (χ0v) is 13.6. The Bertz CT molecular complexity index is 570. The van der Waals surface area contributed by atoms with Crippen molar-refractivity contribution in [3.63, 3.8) is 0 Å². The van der Waals surface area contributed by atoms with Gasteiger partial charge in [0.1, 0.15) is 0 Å². The number of nitrogens with two attached hydrogens (primary N) is 1. The standard InChI is InChI=1S/C13H24N4O3S/c1-10(2)20-4-5-21(18,19)17-6-11(12(14)7-17)13-8-16(3)9-15-13/h8-12H,4-7,14H2,1-3H3/t11-,12-/m1/s1. The van der Waals surface area contributed by atoms with E-state index in [-0.39, 0.29) is 30.4 Å². The van der Waals surface area contributed by atoms with E-state index < -0.39 is 10.0 Å². The highest BCUT2D eigenvalue weighted by atomic mass is 32.2. The van der Waals surface area contributed by atoms with Gasteiger partial charge in [-0.15, -0.1) is 0 Å². The van der Waals surface area contributed by atoms with Crippen LogP contribution in [0.1, 0.15) is 25.5 Å². The summed E-state index contributed by atoms with van der Waals surface area (Å²) in [5.41, 5.74) is 6.95. The molecule has 2 atom stereocenters. The van der Waals surface area contributed by atoms with Crippen molar-refractivity contribution in [3.05, 3.63) is 18.2 Å². The van der Waals surface area contributed by atoms with Crippen LogP contribution in [0.25, 0.3) is 0 Å². The highest BCUT2D eigenvalue weighted by Crippen LogP contribution is 2.27. The number of ether oxygens (including phenoxy) is 1. The lowest BCUT2D eigenvalue weighted by atomic mass is 10.0. The molecule has 0 aliphatic carbocycles. The maximum Gasteiger partial charge on any atom is 0.216 e. The monoisotopic (exact) mass is 316 g/mol. The van der Waals surface area contributed by atoms with Crippen LogP contribution in [0.4, 0.5) is 0 Å². The van der Waals surface area contributed by atoms with Gasteiger partial charge >= 0.3 is 0 Å². The Morgan fingerprint density at radius 1 is 1.48 bits per heavy atom. The number of sulfonamides is 1. The highest BCUT2D eigenvalue weighted by Gasteiger charge is 2.38. The Labute approximate surface area is 126 Å². The molecule has 7 nitrogen and oxygen atoms in total. The summed E-state index contributed by atoms with van der Waals surface area (Å²) >= 11 is 0. The predicted molar refractivity (Wildman–Crippen MR) is 80.4 cm³/mol. The second-order valence-electron chi connectivity index (χ2n) is 5.79. The van der Waals surface area contributed by atoms with E-state index in [1.165, 1.54) is 4.31 Å². The topological polar surface area (TPSA) is 90.5 Å². The summed E-state index contributed by atoms with van der Waals surface area (Å²) in [5.74, 6) is -0.0562. The zero-order chi connectivity index (χ0) is 15.6. The molecule has 1 aromatic heterocycles. The van der Waals surface area contributed by atoms with E-state index in [2.05, 4.69) is 4.98 Å². The lowest BCUT2D eigenvalue weighted by Crippen LogP contribution is -2.35. The number of aromatic nitrogens is 2. The molecular weight excluding hydrogens is 292 g/mol. The van der Waals surface area contributed by atoms with E-state index >= 15 is 0 Å². The van der Waals surface area contributed by atoms with Gasteiger partial charge in [0, 0.05) is 38.3 Å². The van der Waals surface area contributed by atoms with Gasteiger partial charge in [0.05, 0.1) is 30.5 Å². The molecule has 0 bridgehead atoms. The lowest BCUT2D eigenvalue weighted by Gasteiger charge is -2.16. The summed E-state index contributed by atoms with van der Waals surface area (Å²) in [7, 11) is -1.45. The van der Waals surface area contributed by atoms with Crippen molar-refractivity contribution in [1.82, 2.24) is 13.9 Å². The summed E-state index contributed by atoms with van der Waals surface area (Å²) in [6.45, 7) is 4.71. The van der Waals surface area contributed by atoms with Crippen LogP contribution in [-0.2, 0) is 21.8 Å². The number of nitrogens with zero attached hydrogens (tertiary/aromatic N) is 3. The molecule has 0 amide bonds. The van der Waals surface area contributed by atoms with Gasteiger partial charge in [-0.1, -0.05) is 0 Å². The molecule has 1 aliphatic rings. The highest BCUT2D eigenvalue weighted by molar-refractivity contribution is 7.89. The molecule has 2 rings (SSSR count). The van der Waals surface area contributed by atoms with Crippen molar-refractivity contribution in [2.45, 2.75) is 31.9 Å². The van der Waals surface area contributed by atoms with E-state index in [4.69, 9.17) is 10.5 Å². The molecule has 21 heavy (non-hydrogen) atoms. The summed E-state index contributed by atoms with van der Waals surface area (Å²) in [4.78, 5) is 4.29. The molecule has 1 saturated heterocycles. The van der Waals surface area contributed by atoms with Crippen LogP contribution in [0.2, 0.25) is 0 Å². The first kappa shape index (κ1) is 16.4. The molecule has 0 saturated carbocycles. The molecule has 2 N–H and O–H groups in total. The summed E-state index contributed by atoms with van der Waals surface area (Å²) < 4.78 is 33.2. The van der Waals surface area contributed by atoms with E-state index in [1.54, 1.807) is 6.33 Å². The Kier molecular flexibility index (Phi) is 5.03. The number of hydrogen-bond donors (Lipinski definition) is 1. The number of rotatable bonds is 6. The van der Waals surface area contributed by atoms with E-state index in [0.717, 1.165) is 5.69 Å². The molecule has 1 fully saturated rings. The maximum absolute atomic E-state index is 12.3. The van der Waals surface area contributed by atoms with Crippen LogP contribution in [0.3, 0.4) is 0 Å². The molecule has 0 radical (unpaired) electrons. The van der Waals surface area contributed by atoms with Crippen LogP contribution in [-0.4, -0.2) is 59.9 Å². The number of imidazole rings is 1. The minimum Gasteiger partial charge on any atom is -0.378 e. The smallest absolute Gasteiger partial charge is 0.216 e. The normalized spacial score (nSPS) is 24.0. The van der Waals surface area contributed by atoms with E-state index in [9.17, 15) is 8.42 Å². The zero-order valence-electron chi connectivity index (χ0n) is 12.8. The fourth-order valence-electron chi connectivity index (χ4n) is 2.47. The third-order valence-electron chi connectivity index (χ3n) is 3.62. The first-order valence-electron chi connectivity index (χ1n) is 7.12. The first-order valence-corrected chi connectivity index (χ1v) is 8.73. The summed E-state index contributed by atoms with van der Waals surface area (Å²) in [6, 6.07) is -0.222. The average Bonchev–Trinajstić information content (AvgIpc) is 2.95. The van der Waals surface area contributed by atoms with Crippen molar-refractivity contribution < 1.29 is 13.2 Å². The van der Waals surface area contributed by atoms with Crippen molar-refractivity contribution in [2.24, 2.45) is 12.8 Å². The Morgan fingerprint density at radius 3 is 2.76 bits per heavy atom. The van der Waals surface area contributed by atoms with Crippen molar-refractivity contribution in [2.75, 3.05) is 25.4 Å². The van der Waals surface area contributed by atoms with Crippen LogP contribution in [0.15, 0.2) is 12.5 Å². The van der Waals surface area contributed by atoms with Gasteiger partial charge in [0.15, 0.2) is 0 Å². The third kappa shape index (κ3) is 4.03. The molecular formula is C13H24N4O3S. The van der Waals surface area contributed by atoms with Crippen molar-refractivity contribution in [1.29, 1.82) is 0 Å². The largest absolute Gasteiger partial charge is 0.378 e. The molecule has 1 aromatic rings. The number of aryl methyl sites for hydroxylation is 1. The van der Waals surface area contributed by atoms with Gasteiger partial charge < -0.3 is 15.0 Å². The molecule has 0 unspecified atom stereocenters. The minimum absolute atomic E-state index is 0.00710. The number of hydrogen-bond acceptors (Lipinski definition) is 5. The van der Waals surface area contributed by atoms with Gasteiger partial charge in [-0.25, -0.2) is 13.4 Å². The molecule has 0 spiro atoms. The molecule has 1 aliphatic heterocycles. The van der Waals surface area contributed by atoms with Gasteiger partial charge in [-0.2, -0.15) is 4.31 Å². The lowest BCUT2D eigenvalue weighted by molar-refractivity contribution is 0.0907. The van der Waals surface area contributed by atoms with Crippen molar-refractivity contribution >= 4 is 10.0 Å². The Hall–Kier alpha value is -0.960. The molecule has 0 aromatic carbocycles. The van der Waals surface area contributed by atoms with Gasteiger partial charge in [-0.3, -0.25) is 0 Å². The Balaban J connectivity index is 1.99. The van der Waals surface area contributed by atoms with Gasteiger partial charge in [0.2, 0.25) is 10.0 Å². The second-order valence-corrected chi connectivity index (χ2v) is 7.88. The quantitative estimate of drug-likeness (QED) is 0.791. The molecule has 8 heteroatoms. The van der Waals surface area contributed by atoms with Crippen LogP contribution in [0.5, 0.6) is 0 Å². The van der Waals surface area contributed by atoms with E-state index in [1.807, 2.05) is 31.7 Å². The van der Waals surface area contributed by atoms with Crippen LogP contribution >= 0.6 is 0 Å². The molecule has 2 heterocycles. The third-order valence-corrected chi connectivity index (χ3v) is 5.39. The maximum atomic E-state index is 12.3. The molecule has 120 valence electrons. The second kappa shape index (κ2) is 6.43.